The third-order valence-electron chi connectivity index (χ3n) is 2.01. The molecule has 1 aromatic heterocycles. The lowest BCUT2D eigenvalue weighted by Gasteiger charge is -2.05. The number of carbonyl (C=O) groups excluding carboxylic acids is 1. The molecule has 0 aromatic carbocycles. The average molecular weight is 257 g/mol. The fraction of sp³-hybridized carbons (Fsp3) is 0.273. The van der Waals surface area contributed by atoms with Crippen molar-refractivity contribution in [2.24, 2.45) is 0 Å². The van der Waals surface area contributed by atoms with E-state index in [1.54, 1.807) is 19.1 Å². The summed E-state index contributed by atoms with van der Waals surface area (Å²) in [5, 5.41) is 5.76. The van der Waals surface area contributed by atoms with Gasteiger partial charge in [0.25, 0.3) is 0 Å². The normalized spacial score (nSPS) is 9.00. The molecule has 0 radical (unpaired) electrons. The van der Waals surface area contributed by atoms with Gasteiger partial charge in [0.05, 0.1) is 6.54 Å². The predicted molar refractivity (Wildman–Crippen MR) is 65.0 cm³/mol. The second-order valence-electron chi connectivity index (χ2n) is 3.27. The molecule has 5 nitrogen and oxygen atoms in total. The van der Waals surface area contributed by atoms with Crippen LogP contribution >= 0.6 is 0 Å². The molecule has 0 spiro atoms. The van der Waals surface area contributed by atoms with Gasteiger partial charge in [0.2, 0.25) is 17.5 Å². The molecule has 1 rings (SSSR count). The summed E-state index contributed by atoms with van der Waals surface area (Å²) in [6.07, 6.45) is 2.17. The number of nitrogens with one attached hydrogen (secondary N) is 3. The second-order valence-corrected chi connectivity index (χ2v) is 3.27. The molecule has 0 bridgehead atoms. The van der Waals surface area contributed by atoms with Crippen LogP contribution in [0.4, 0.5) is 17.3 Å². The molecule has 5 N–H and O–H groups in total. The van der Waals surface area contributed by atoms with Crippen molar-refractivity contribution in [1.29, 1.82) is 0 Å². The lowest BCUT2D eigenvalue weighted by molar-refractivity contribution is -0.342. The number of nitrogen functional groups attached to an aromatic ring is 1. The highest BCUT2D eigenvalue weighted by Crippen LogP contribution is 2.14. The van der Waals surface area contributed by atoms with E-state index in [1.165, 1.54) is 0 Å². The van der Waals surface area contributed by atoms with Gasteiger partial charge in [-0.3, -0.25) is 4.79 Å². The van der Waals surface area contributed by atoms with Gasteiger partial charge in [-0.2, -0.15) is 0 Å². The van der Waals surface area contributed by atoms with Crippen LogP contribution in [0.2, 0.25) is 0 Å². The second kappa shape index (κ2) is 7.51. The molecule has 0 saturated carbocycles. The zero-order valence-corrected chi connectivity index (χ0v) is 10.5. The molecule has 0 fully saturated rings. The van der Waals surface area contributed by atoms with E-state index in [-0.39, 0.29) is 18.3 Å². The lowest BCUT2D eigenvalue weighted by atomic mass is 10.3. The van der Waals surface area contributed by atoms with Gasteiger partial charge < -0.3 is 28.8 Å². The maximum Gasteiger partial charge on any atom is 0.241 e. The van der Waals surface area contributed by atoms with Crippen molar-refractivity contribution in [3.63, 3.8) is 0 Å². The average Bonchev–Trinajstić information content (AvgIpc) is 2.29. The van der Waals surface area contributed by atoms with Gasteiger partial charge in [0, 0.05) is 12.5 Å². The number of halogens is 1. The van der Waals surface area contributed by atoms with Crippen molar-refractivity contribution >= 4 is 23.2 Å². The fourth-order valence-electron chi connectivity index (χ4n) is 1.14. The maximum atomic E-state index is 11.2. The number of pyridine rings is 1. The first-order valence-electron chi connectivity index (χ1n) is 5.13. The van der Waals surface area contributed by atoms with E-state index in [1.807, 2.05) is 6.07 Å². The highest BCUT2D eigenvalue weighted by Gasteiger charge is 2.08. The molecule has 0 atom stereocenters. The van der Waals surface area contributed by atoms with Crippen LogP contribution in [0, 0.1) is 0 Å². The van der Waals surface area contributed by atoms with Crippen molar-refractivity contribution in [1.82, 2.24) is 0 Å². The number of amides is 1. The molecule has 0 aliphatic carbocycles. The summed E-state index contributed by atoms with van der Waals surface area (Å²) in [5.41, 5.74) is 6.35. The van der Waals surface area contributed by atoms with E-state index in [4.69, 9.17) is 5.73 Å². The van der Waals surface area contributed by atoms with Gasteiger partial charge in [0.1, 0.15) is 5.69 Å². The molecule has 0 aliphatic rings. The van der Waals surface area contributed by atoms with Crippen LogP contribution in [-0.2, 0) is 4.79 Å². The van der Waals surface area contributed by atoms with E-state index in [0.29, 0.717) is 24.5 Å². The Morgan fingerprint density at radius 2 is 2.29 bits per heavy atom. The topological polar surface area (TPSA) is 81.3 Å². The molecule has 0 saturated heterocycles. The van der Waals surface area contributed by atoms with E-state index in [0.717, 1.165) is 5.82 Å². The molecule has 94 valence electrons. The van der Waals surface area contributed by atoms with Crippen LogP contribution in [0.1, 0.15) is 13.3 Å². The SMILES string of the molecule is C=CCNc1ccc(NC(=O)CC)c(N)[nH+]1.[Cl-]. The number of carbonyl (C=O) groups is 1. The molecule has 1 aromatic rings. The Bertz CT molecular complexity index is 395. The first-order valence-corrected chi connectivity index (χ1v) is 5.13. The molecule has 6 heteroatoms. The van der Waals surface area contributed by atoms with Crippen LogP contribution in [0.25, 0.3) is 0 Å². The molecule has 0 aliphatic heterocycles. The Hall–Kier alpha value is -1.75. The predicted octanol–water partition coefficient (Wildman–Crippen LogP) is -1.97. The van der Waals surface area contributed by atoms with Crippen LogP contribution in [-0.4, -0.2) is 12.5 Å². The van der Waals surface area contributed by atoms with Crippen LogP contribution in [0.15, 0.2) is 24.8 Å². The van der Waals surface area contributed by atoms with Crippen molar-refractivity contribution in [3.05, 3.63) is 24.8 Å². The van der Waals surface area contributed by atoms with Crippen molar-refractivity contribution in [2.75, 3.05) is 22.9 Å². The molecule has 1 heterocycles. The number of anilines is 3. The van der Waals surface area contributed by atoms with Crippen LogP contribution < -0.4 is 33.8 Å². The Labute approximate surface area is 107 Å². The standard InChI is InChI=1S/C11H16N4O.ClH/c1-3-7-13-9-6-5-8(11(12)15-9)14-10(16)4-2;/h3,5-6H,1,4,7H2,2H3,(H,14,16)(H3,12,13,15);1H. The fourth-order valence-corrected chi connectivity index (χ4v) is 1.14. The van der Waals surface area contributed by atoms with E-state index in [9.17, 15) is 4.79 Å². The number of aromatic amines is 1. The summed E-state index contributed by atoms with van der Waals surface area (Å²) >= 11 is 0. The maximum absolute atomic E-state index is 11.2. The zero-order chi connectivity index (χ0) is 12.0. The lowest BCUT2D eigenvalue weighted by Crippen LogP contribution is -3.00. The number of nitrogens with two attached hydrogens (primary N) is 1. The third-order valence-corrected chi connectivity index (χ3v) is 2.01. The van der Waals surface area contributed by atoms with Gasteiger partial charge >= 0.3 is 0 Å². The van der Waals surface area contributed by atoms with E-state index >= 15 is 0 Å². The number of hydrogen-bond donors (Lipinski definition) is 3. The Morgan fingerprint density at radius 3 is 2.82 bits per heavy atom. The summed E-state index contributed by atoms with van der Waals surface area (Å²) in [6.45, 7) is 6.04. The first-order chi connectivity index (χ1) is 7.67. The first kappa shape index (κ1) is 15.2. The number of hydrogen-bond acceptors (Lipinski definition) is 3. The minimum Gasteiger partial charge on any atom is -1.00 e. The van der Waals surface area contributed by atoms with Gasteiger partial charge in [-0.15, -0.1) is 0 Å². The molecule has 1 amide bonds. The number of rotatable bonds is 5. The molecule has 0 unspecified atom stereocenters. The molecule has 17 heavy (non-hydrogen) atoms. The summed E-state index contributed by atoms with van der Waals surface area (Å²) in [5.74, 6) is 1.15. The minimum absolute atomic E-state index is 0. The van der Waals surface area contributed by atoms with Gasteiger partial charge in [0.15, 0.2) is 0 Å². The minimum atomic E-state index is -0.0631. The van der Waals surface area contributed by atoms with E-state index < -0.39 is 0 Å². The van der Waals surface area contributed by atoms with Crippen molar-refractivity contribution < 1.29 is 22.2 Å². The van der Waals surface area contributed by atoms with Crippen molar-refractivity contribution in [3.8, 4) is 0 Å². The summed E-state index contributed by atoms with van der Waals surface area (Å²) < 4.78 is 0. The zero-order valence-electron chi connectivity index (χ0n) is 9.72. The quantitative estimate of drug-likeness (QED) is 0.535. The smallest absolute Gasteiger partial charge is 0.241 e. The van der Waals surface area contributed by atoms with Gasteiger partial charge in [-0.1, -0.05) is 19.6 Å². The van der Waals surface area contributed by atoms with E-state index in [2.05, 4.69) is 22.2 Å². The van der Waals surface area contributed by atoms with Crippen molar-refractivity contribution in [2.45, 2.75) is 13.3 Å². The van der Waals surface area contributed by atoms with Gasteiger partial charge in [-0.05, 0) is 6.07 Å². The van der Waals surface area contributed by atoms with Gasteiger partial charge in [-0.25, -0.2) is 4.98 Å². The Kier molecular flexibility index (Phi) is 6.74. The summed E-state index contributed by atoms with van der Waals surface area (Å²) in [6, 6.07) is 3.57. The number of H-pyrrole nitrogens is 1. The summed E-state index contributed by atoms with van der Waals surface area (Å²) in [7, 11) is 0. The van der Waals surface area contributed by atoms with Crippen LogP contribution in [0.3, 0.4) is 0 Å². The highest BCUT2D eigenvalue weighted by molar-refractivity contribution is 5.92. The largest absolute Gasteiger partial charge is 1.00 e. The molecular weight excluding hydrogens is 240 g/mol. The summed E-state index contributed by atoms with van der Waals surface area (Å²) in [4.78, 5) is 14.1. The van der Waals surface area contributed by atoms with Crippen LogP contribution in [0.5, 0.6) is 0 Å². The monoisotopic (exact) mass is 256 g/mol. The molecular formula is C11H17ClN4O. The highest BCUT2D eigenvalue weighted by atomic mass is 35.5. The Balaban J connectivity index is 0.00000256. The third kappa shape index (κ3) is 4.74. The Morgan fingerprint density at radius 1 is 1.59 bits per heavy atom. The number of aromatic nitrogens is 1.